The van der Waals surface area contributed by atoms with E-state index in [1.165, 1.54) is 0 Å². The van der Waals surface area contributed by atoms with Crippen LogP contribution in [0.3, 0.4) is 0 Å². The molecule has 0 fully saturated rings. The summed E-state index contributed by atoms with van der Waals surface area (Å²) in [7, 11) is 3.13. The van der Waals surface area contributed by atoms with Crippen LogP contribution in [-0.4, -0.2) is 25.9 Å². The molecule has 1 aromatic carbocycles. The molecule has 4 heteroatoms. The summed E-state index contributed by atoms with van der Waals surface area (Å²) in [6.45, 7) is 2.11. The van der Waals surface area contributed by atoms with E-state index in [-0.39, 0.29) is 0 Å². The normalized spacial score (nSPS) is 14.3. The van der Waals surface area contributed by atoms with Gasteiger partial charge in [0.2, 0.25) is 0 Å². The van der Waals surface area contributed by atoms with Gasteiger partial charge in [-0.15, -0.1) is 0 Å². The molecule has 0 spiro atoms. The molecule has 1 aromatic rings. The lowest BCUT2D eigenvalue weighted by Gasteiger charge is -2.27. The standard InChI is InChI=1S/C12H19NO3/c1-12(14,7-8-13)11-9(15-2)5-4-6-10(11)16-3/h4-6,14H,7-8,13H2,1-3H3. The van der Waals surface area contributed by atoms with Crippen molar-refractivity contribution in [3.63, 3.8) is 0 Å². The van der Waals surface area contributed by atoms with Gasteiger partial charge in [-0.05, 0) is 32.0 Å². The van der Waals surface area contributed by atoms with Crippen LogP contribution >= 0.6 is 0 Å². The molecule has 1 unspecified atom stereocenters. The highest BCUT2D eigenvalue weighted by molar-refractivity contribution is 5.48. The molecule has 0 aliphatic heterocycles. The molecular weight excluding hydrogens is 206 g/mol. The molecule has 3 N–H and O–H groups in total. The van der Waals surface area contributed by atoms with Crippen molar-refractivity contribution in [2.45, 2.75) is 18.9 Å². The van der Waals surface area contributed by atoms with Crippen molar-refractivity contribution in [2.75, 3.05) is 20.8 Å². The molecule has 0 radical (unpaired) electrons. The Labute approximate surface area is 96.0 Å². The molecule has 0 aromatic heterocycles. The molecule has 1 atom stereocenters. The maximum atomic E-state index is 10.4. The van der Waals surface area contributed by atoms with Crippen LogP contribution in [0.5, 0.6) is 11.5 Å². The first-order chi connectivity index (χ1) is 7.56. The molecule has 1 rings (SSSR count). The lowest BCUT2D eigenvalue weighted by atomic mass is 9.91. The highest BCUT2D eigenvalue weighted by Gasteiger charge is 2.29. The average Bonchev–Trinajstić information content (AvgIpc) is 2.27. The van der Waals surface area contributed by atoms with Crippen molar-refractivity contribution in [1.82, 2.24) is 0 Å². The molecule has 0 saturated carbocycles. The minimum Gasteiger partial charge on any atom is -0.496 e. The maximum absolute atomic E-state index is 10.4. The molecule has 16 heavy (non-hydrogen) atoms. The number of methoxy groups -OCH3 is 2. The fourth-order valence-corrected chi connectivity index (χ4v) is 1.79. The molecule has 0 aliphatic rings. The number of hydrogen-bond acceptors (Lipinski definition) is 4. The number of aliphatic hydroxyl groups is 1. The number of benzene rings is 1. The second-order valence-corrected chi connectivity index (χ2v) is 3.85. The van der Waals surface area contributed by atoms with E-state index in [1.807, 2.05) is 6.07 Å². The topological polar surface area (TPSA) is 64.7 Å². The lowest BCUT2D eigenvalue weighted by molar-refractivity contribution is 0.0452. The second-order valence-electron chi connectivity index (χ2n) is 3.85. The highest BCUT2D eigenvalue weighted by atomic mass is 16.5. The van der Waals surface area contributed by atoms with Gasteiger partial charge in [-0.1, -0.05) is 6.07 Å². The van der Waals surface area contributed by atoms with E-state index < -0.39 is 5.60 Å². The first-order valence-electron chi connectivity index (χ1n) is 5.20. The molecule has 0 amide bonds. The predicted molar refractivity (Wildman–Crippen MR) is 62.8 cm³/mol. The molecule has 90 valence electrons. The minimum absolute atomic E-state index is 0.397. The van der Waals surface area contributed by atoms with E-state index in [9.17, 15) is 5.11 Å². The van der Waals surface area contributed by atoms with Crippen molar-refractivity contribution in [3.8, 4) is 11.5 Å². The Bertz CT molecular complexity index is 328. The summed E-state index contributed by atoms with van der Waals surface area (Å²) < 4.78 is 10.5. The average molecular weight is 225 g/mol. The van der Waals surface area contributed by atoms with Crippen LogP contribution in [-0.2, 0) is 5.60 Å². The van der Waals surface area contributed by atoms with E-state index in [1.54, 1.807) is 33.3 Å². The van der Waals surface area contributed by atoms with Gasteiger partial charge in [0.1, 0.15) is 11.5 Å². The zero-order valence-electron chi connectivity index (χ0n) is 9.99. The summed E-state index contributed by atoms with van der Waals surface area (Å²) in [5.74, 6) is 1.22. The number of ether oxygens (including phenoxy) is 2. The van der Waals surface area contributed by atoms with Crippen molar-refractivity contribution in [3.05, 3.63) is 23.8 Å². The Kier molecular flexibility index (Phi) is 4.15. The van der Waals surface area contributed by atoms with E-state index in [4.69, 9.17) is 15.2 Å². The third-order valence-corrected chi connectivity index (χ3v) is 2.60. The minimum atomic E-state index is -1.05. The predicted octanol–water partition coefficient (Wildman–Crippen LogP) is 1.26. The Morgan fingerprint density at radius 2 is 1.75 bits per heavy atom. The summed E-state index contributed by atoms with van der Waals surface area (Å²) in [4.78, 5) is 0. The van der Waals surface area contributed by atoms with Gasteiger partial charge in [-0.25, -0.2) is 0 Å². The largest absolute Gasteiger partial charge is 0.496 e. The summed E-state index contributed by atoms with van der Waals surface area (Å²) in [6.07, 6.45) is 0.448. The summed E-state index contributed by atoms with van der Waals surface area (Å²) in [5, 5.41) is 10.4. The molecule has 4 nitrogen and oxygen atoms in total. The van der Waals surface area contributed by atoms with Crippen molar-refractivity contribution < 1.29 is 14.6 Å². The van der Waals surface area contributed by atoms with Crippen molar-refractivity contribution in [2.24, 2.45) is 5.73 Å². The number of nitrogens with two attached hydrogens (primary N) is 1. The van der Waals surface area contributed by atoms with Gasteiger partial charge in [-0.3, -0.25) is 0 Å². The molecule has 0 saturated heterocycles. The van der Waals surface area contributed by atoms with Gasteiger partial charge in [0, 0.05) is 0 Å². The molecule has 0 heterocycles. The van der Waals surface area contributed by atoms with E-state index in [0.717, 1.165) is 0 Å². The van der Waals surface area contributed by atoms with Crippen LogP contribution in [0.25, 0.3) is 0 Å². The third kappa shape index (κ3) is 2.46. The fourth-order valence-electron chi connectivity index (χ4n) is 1.79. The zero-order valence-corrected chi connectivity index (χ0v) is 9.99. The van der Waals surface area contributed by atoms with Crippen LogP contribution in [0.4, 0.5) is 0 Å². The quantitative estimate of drug-likeness (QED) is 0.791. The molecule has 0 aliphatic carbocycles. The van der Waals surface area contributed by atoms with Gasteiger partial charge in [-0.2, -0.15) is 0 Å². The van der Waals surface area contributed by atoms with Gasteiger partial charge in [0.25, 0.3) is 0 Å². The summed E-state index contributed by atoms with van der Waals surface area (Å²) in [5.41, 5.74) is 5.09. The van der Waals surface area contributed by atoms with Crippen LogP contribution in [0.2, 0.25) is 0 Å². The highest BCUT2D eigenvalue weighted by Crippen LogP contribution is 2.38. The fraction of sp³-hybridized carbons (Fsp3) is 0.500. The van der Waals surface area contributed by atoms with E-state index in [2.05, 4.69) is 0 Å². The Morgan fingerprint density at radius 1 is 1.25 bits per heavy atom. The zero-order chi connectivity index (χ0) is 12.2. The second kappa shape index (κ2) is 5.18. The van der Waals surface area contributed by atoms with Gasteiger partial charge >= 0.3 is 0 Å². The number of hydrogen-bond donors (Lipinski definition) is 2. The van der Waals surface area contributed by atoms with Crippen LogP contribution in [0.1, 0.15) is 18.9 Å². The Morgan fingerprint density at radius 3 is 2.12 bits per heavy atom. The first kappa shape index (κ1) is 12.8. The maximum Gasteiger partial charge on any atom is 0.128 e. The summed E-state index contributed by atoms with van der Waals surface area (Å²) >= 11 is 0. The van der Waals surface area contributed by atoms with Crippen LogP contribution in [0, 0.1) is 0 Å². The van der Waals surface area contributed by atoms with Crippen molar-refractivity contribution in [1.29, 1.82) is 0 Å². The van der Waals surface area contributed by atoms with Crippen LogP contribution in [0.15, 0.2) is 18.2 Å². The van der Waals surface area contributed by atoms with Gasteiger partial charge in [0.05, 0.1) is 25.4 Å². The smallest absolute Gasteiger partial charge is 0.128 e. The molecule has 0 bridgehead atoms. The monoisotopic (exact) mass is 225 g/mol. The third-order valence-electron chi connectivity index (χ3n) is 2.60. The number of rotatable bonds is 5. The SMILES string of the molecule is COc1cccc(OC)c1C(C)(O)CCN. The van der Waals surface area contributed by atoms with Crippen LogP contribution < -0.4 is 15.2 Å². The molecular formula is C12H19NO3. The van der Waals surface area contributed by atoms with Gasteiger partial charge in [0.15, 0.2) is 0 Å². The Hall–Kier alpha value is -1.26. The van der Waals surface area contributed by atoms with E-state index in [0.29, 0.717) is 30.0 Å². The van der Waals surface area contributed by atoms with E-state index >= 15 is 0 Å². The van der Waals surface area contributed by atoms with Crippen molar-refractivity contribution >= 4 is 0 Å². The first-order valence-corrected chi connectivity index (χ1v) is 5.20. The van der Waals surface area contributed by atoms with Gasteiger partial charge < -0.3 is 20.3 Å². The Balaban J connectivity index is 3.27. The summed E-state index contributed by atoms with van der Waals surface area (Å²) in [6, 6.07) is 5.41. The lowest BCUT2D eigenvalue weighted by Crippen LogP contribution is -2.26.